The van der Waals surface area contributed by atoms with Crippen molar-refractivity contribution in [2.45, 2.75) is 78.9 Å². The number of piperazine rings is 1. The van der Waals surface area contributed by atoms with E-state index in [-0.39, 0.29) is 0 Å². The fraction of sp³-hybridized carbons (Fsp3) is 1.00. The highest BCUT2D eigenvalue weighted by molar-refractivity contribution is 4.91. The number of nitrogens with one attached hydrogen (secondary N) is 1. The molecule has 1 N–H and O–H groups in total. The van der Waals surface area contributed by atoms with Crippen LogP contribution in [0.5, 0.6) is 0 Å². The lowest BCUT2D eigenvalue weighted by atomic mass is 9.91. The zero-order valence-corrected chi connectivity index (χ0v) is 13.4. The smallest absolute Gasteiger partial charge is 0.0247 e. The molecule has 0 radical (unpaired) electrons. The highest BCUT2D eigenvalue weighted by atomic mass is 15.3. The van der Waals surface area contributed by atoms with Crippen molar-refractivity contribution in [2.75, 3.05) is 13.1 Å². The predicted molar refractivity (Wildman–Crippen MR) is 80.9 cm³/mol. The van der Waals surface area contributed by atoms with Gasteiger partial charge in [-0.25, -0.2) is 0 Å². The van der Waals surface area contributed by atoms with Crippen LogP contribution in [0.3, 0.4) is 0 Å². The molecular formula is C16H34N2. The van der Waals surface area contributed by atoms with E-state index in [1.54, 1.807) is 0 Å². The van der Waals surface area contributed by atoms with Crippen LogP contribution in [0.4, 0.5) is 0 Å². The SMILES string of the molecule is CCCC(CC)N1CC(C(C)C)NCC1C(C)C. The molecule has 0 aliphatic carbocycles. The molecule has 0 aromatic carbocycles. The van der Waals surface area contributed by atoms with Crippen LogP contribution in [0.1, 0.15) is 60.8 Å². The molecule has 0 spiro atoms. The third-order valence-electron chi connectivity index (χ3n) is 4.56. The zero-order valence-electron chi connectivity index (χ0n) is 13.4. The van der Waals surface area contributed by atoms with E-state index in [0.29, 0.717) is 6.04 Å². The maximum absolute atomic E-state index is 3.76. The summed E-state index contributed by atoms with van der Waals surface area (Å²) in [4.78, 5) is 2.81. The number of rotatable bonds is 6. The van der Waals surface area contributed by atoms with Crippen LogP contribution < -0.4 is 5.32 Å². The maximum atomic E-state index is 3.76. The molecule has 108 valence electrons. The molecule has 3 unspecified atom stereocenters. The van der Waals surface area contributed by atoms with E-state index in [9.17, 15) is 0 Å². The van der Waals surface area contributed by atoms with Gasteiger partial charge in [-0.1, -0.05) is 48.0 Å². The van der Waals surface area contributed by atoms with Crippen LogP contribution in [-0.4, -0.2) is 36.1 Å². The summed E-state index contributed by atoms with van der Waals surface area (Å²) in [7, 11) is 0. The number of hydrogen-bond donors (Lipinski definition) is 1. The number of nitrogens with zero attached hydrogens (tertiary/aromatic N) is 1. The van der Waals surface area contributed by atoms with Crippen molar-refractivity contribution in [3.63, 3.8) is 0 Å². The normalized spacial score (nSPS) is 28.0. The molecule has 1 aliphatic rings. The first kappa shape index (κ1) is 16.0. The first-order valence-corrected chi connectivity index (χ1v) is 8.00. The van der Waals surface area contributed by atoms with E-state index in [0.717, 1.165) is 23.9 Å². The van der Waals surface area contributed by atoms with Gasteiger partial charge in [0.05, 0.1) is 0 Å². The minimum atomic E-state index is 0.672. The Hall–Kier alpha value is -0.0800. The summed E-state index contributed by atoms with van der Waals surface area (Å²) < 4.78 is 0. The fourth-order valence-electron chi connectivity index (χ4n) is 3.24. The van der Waals surface area contributed by atoms with Gasteiger partial charge in [0.25, 0.3) is 0 Å². The van der Waals surface area contributed by atoms with Gasteiger partial charge in [0.2, 0.25) is 0 Å². The van der Waals surface area contributed by atoms with Crippen LogP contribution in [0.2, 0.25) is 0 Å². The van der Waals surface area contributed by atoms with Gasteiger partial charge in [-0.15, -0.1) is 0 Å². The van der Waals surface area contributed by atoms with Gasteiger partial charge < -0.3 is 5.32 Å². The molecule has 1 saturated heterocycles. The highest BCUT2D eigenvalue weighted by Crippen LogP contribution is 2.24. The third-order valence-corrected chi connectivity index (χ3v) is 4.56. The molecule has 1 fully saturated rings. The van der Waals surface area contributed by atoms with Crippen molar-refractivity contribution >= 4 is 0 Å². The van der Waals surface area contributed by atoms with E-state index in [2.05, 4.69) is 51.8 Å². The van der Waals surface area contributed by atoms with E-state index >= 15 is 0 Å². The second-order valence-electron chi connectivity index (χ2n) is 6.62. The Morgan fingerprint density at radius 3 is 2.22 bits per heavy atom. The Balaban J connectivity index is 2.76. The summed E-state index contributed by atoms with van der Waals surface area (Å²) in [6.45, 7) is 16.5. The summed E-state index contributed by atoms with van der Waals surface area (Å²) in [6.07, 6.45) is 3.95. The van der Waals surface area contributed by atoms with Crippen LogP contribution in [0.15, 0.2) is 0 Å². The summed E-state index contributed by atoms with van der Waals surface area (Å²) in [5, 5.41) is 3.76. The van der Waals surface area contributed by atoms with Crippen molar-refractivity contribution < 1.29 is 0 Å². The molecule has 1 rings (SSSR count). The molecule has 1 aliphatic heterocycles. The van der Waals surface area contributed by atoms with E-state index in [1.165, 1.54) is 32.4 Å². The zero-order chi connectivity index (χ0) is 13.7. The quantitative estimate of drug-likeness (QED) is 0.780. The Labute approximate surface area is 115 Å². The number of hydrogen-bond acceptors (Lipinski definition) is 2. The van der Waals surface area contributed by atoms with Crippen molar-refractivity contribution in [1.82, 2.24) is 10.2 Å². The van der Waals surface area contributed by atoms with Gasteiger partial charge in [0.15, 0.2) is 0 Å². The first-order valence-electron chi connectivity index (χ1n) is 8.00. The van der Waals surface area contributed by atoms with Crippen molar-refractivity contribution in [1.29, 1.82) is 0 Å². The minimum Gasteiger partial charge on any atom is -0.311 e. The average Bonchev–Trinajstić information content (AvgIpc) is 2.35. The van der Waals surface area contributed by atoms with Crippen molar-refractivity contribution in [3.05, 3.63) is 0 Å². The van der Waals surface area contributed by atoms with Crippen LogP contribution in [-0.2, 0) is 0 Å². The Morgan fingerprint density at radius 2 is 1.78 bits per heavy atom. The minimum absolute atomic E-state index is 0.672. The molecule has 0 bridgehead atoms. The largest absolute Gasteiger partial charge is 0.311 e. The molecule has 0 saturated carbocycles. The summed E-state index contributed by atoms with van der Waals surface area (Å²) in [5.74, 6) is 1.48. The predicted octanol–water partition coefficient (Wildman–Crippen LogP) is 3.52. The van der Waals surface area contributed by atoms with E-state index in [1.807, 2.05) is 0 Å². The van der Waals surface area contributed by atoms with Gasteiger partial charge in [-0.05, 0) is 24.7 Å². The first-order chi connectivity index (χ1) is 8.51. The molecule has 3 atom stereocenters. The summed E-state index contributed by atoms with van der Waals surface area (Å²) in [5.41, 5.74) is 0. The molecular weight excluding hydrogens is 220 g/mol. The third kappa shape index (κ3) is 3.96. The van der Waals surface area contributed by atoms with Crippen LogP contribution in [0.25, 0.3) is 0 Å². The van der Waals surface area contributed by atoms with Crippen molar-refractivity contribution in [3.8, 4) is 0 Å². The molecule has 2 heteroatoms. The molecule has 0 aromatic heterocycles. The lowest BCUT2D eigenvalue weighted by Crippen LogP contribution is -2.62. The Morgan fingerprint density at radius 1 is 1.11 bits per heavy atom. The van der Waals surface area contributed by atoms with Gasteiger partial charge in [-0.3, -0.25) is 4.90 Å². The lowest BCUT2D eigenvalue weighted by molar-refractivity contribution is 0.0399. The Kier molecular flexibility index (Phi) is 6.65. The van der Waals surface area contributed by atoms with Gasteiger partial charge in [-0.2, -0.15) is 0 Å². The van der Waals surface area contributed by atoms with Crippen LogP contribution >= 0.6 is 0 Å². The van der Waals surface area contributed by atoms with Crippen molar-refractivity contribution in [2.24, 2.45) is 11.8 Å². The molecule has 2 nitrogen and oxygen atoms in total. The summed E-state index contributed by atoms with van der Waals surface area (Å²) in [6, 6.07) is 2.17. The summed E-state index contributed by atoms with van der Waals surface area (Å²) >= 11 is 0. The van der Waals surface area contributed by atoms with Gasteiger partial charge in [0, 0.05) is 31.2 Å². The average molecular weight is 254 g/mol. The Bertz CT molecular complexity index is 225. The lowest BCUT2D eigenvalue weighted by Gasteiger charge is -2.47. The standard InChI is InChI=1S/C16H34N2/c1-7-9-14(8-2)18-11-15(12(3)4)17-10-16(18)13(5)6/h12-17H,7-11H2,1-6H3. The topological polar surface area (TPSA) is 15.3 Å². The van der Waals surface area contributed by atoms with E-state index in [4.69, 9.17) is 0 Å². The fourth-order valence-corrected chi connectivity index (χ4v) is 3.24. The van der Waals surface area contributed by atoms with E-state index < -0.39 is 0 Å². The van der Waals surface area contributed by atoms with Gasteiger partial charge in [0.1, 0.15) is 0 Å². The highest BCUT2D eigenvalue weighted by Gasteiger charge is 2.34. The van der Waals surface area contributed by atoms with Crippen LogP contribution in [0, 0.1) is 11.8 Å². The molecule has 1 heterocycles. The molecule has 0 aromatic rings. The second-order valence-corrected chi connectivity index (χ2v) is 6.62. The monoisotopic (exact) mass is 254 g/mol. The maximum Gasteiger partial charge on any atom is 0.0247 e. The van der Waals surface area contributed by atoms with Gasteiger partial charge >= 0.3 is 0 Å². The molecule has 18 heavy (non-hydrogen) atoms. The molecule has 0 amide bonds. The second kappa shape index (κ2) is 7.49.